The van der Waals surface area contributed by atoms with E-state index in [0.717, 1.165) is 0 Å². The molecule has 0 saturated heterocycles. The van der Waals surface area contributed by atoms with Gasteiger partial charge in [-0.15, -0.1) is 11.3 Å². The summed E-state index contributed by atoms with van der Waals surface area (Å²) in [6.45, 7) is 4.55. The highest BCUT2D eigenvalue weighted by atomic mass is 32.1. The van der Waals surface area contributed by atoms with Crippen LogP contribution in [-0.4, -0.2) is 6.71 Å². The summed E-state index contributed by atoms with van der Waals surface area (Å²) in [5, 5.41) is 11.4. The molecule has 0 spiro atoms. The van der Waals surface area contributed by atoms with Crippen molar-refractivity contribution in [2.24, 2.45) is 0 Å². The van der Waals surface area contributed by atoms with Crippen molar-refractivity contribution in [2.45, 2.75) is 13.8 Å². The third-order valence-corrected chi connectivity index (χ3v) is 14.0. The van der Waals surface area contributed by atoms with Crippen LogP contribution in [0, 0.1) is 13.8 Å². The van der Waals surface area contributed by atoms with Gasteiger partial charge in [-0.05, 0) is 123 Å². The van der Waals surface area contributed by atoms with Crippen molar-refractivity contribution in [2.75, 3.05) is 9.80 Å². The lowest BCUT2D eigenvalue weighted by Gasteiger charge is -2.41. The molecular weight excluding hydrogens is 704 g/mol. The van der Waals surface area contributed by atoms with Crippen LogP contribution in [-0.2, 0) is 0 Å². The lowest BCUT2D eigenvalue weighted by molar-refractivity contribution is 1.27. The third-order valence-electron chi connectivity index (χ3n) is 11.8. The number of nitrogens with zero attached hydrogens (tertiary/aromatic N) is 2. The van der Waals surface area contributed by atoms with E-state index in [1.807, 2.05) is 22.7 Å². The van der Waals surface area contributed by atoms with Crippen LogP contribution in [0.4, 0.5) is 34.1 Å². The predicted octanol–water partition coefficient (Wildman–Crippen LogP) is 12.8. The van der Waals surface area contributed by atoms with Gasteiger partial charge >= 0.3 is 0 Å². The zero-order valence-corrected chi connectivity index (χ0v) is 32.0. The average molecular weight is 737 g/mol. The summed E-state index contributed by atoms with van der Waals surface area (Å²) in [5.74, 6) is 0. The molecule has 0 radical (unpaired) electrons. The number of aryl methyl sites for hydroxylation is 2. The third kappa shape index (κ3) is 4.42. The summed E-state index contributed by atoms with van der Waals surface area (Å²) >= 11 is 3.85. The fourth-order valence-electron chi connectivity index (χ4n) is 9.44. The largest absolute Gasteiger partial charge is 0.311 e. The summed E-state index contributed by atoms with van der Waals surface area (Å²) in [5.41, 5.74) is 13.9. The van der Waals surface area contributed by atoms with E-state index in [4.69, 9.17) is 0 Å². The van der Waals surface area contributed by atoms with Crippen molar-refractivity contribution in [3.8, 4) is 11.1 Å². The van der Waals surface area contributed by atoms with Crippen LogP contribution in [0.1, 0.15) is 11.1 Å². The molecule has 0 saturated carbocycles. The molecule has 55 heavy (non-hydrogen) atoms. The second kappa shape index (κ2) is 11.7. The highest BCUT2D eigenvalue weighted by molar-refractivity contribution is 7.38. The van der Waals surface area contributed by atoms with Crippen molar-refractivity contribution in [1.29, 1.82) is 0 Å². The van der Waals surface area contributed by atoms with Crippen LogP contribution < -0.4 is 24.8 Å². The Kier molecular flexibility index (Phi) is 6.63. The van der Waals surface area contributed by atoms with Crippen molar-refractivity contribution in [3.05, 3.63) is 174 Å². The summed E-state index contributed by atoms with van der Waals surface area (Å²) in [7, 11) is 0. The van der Waals surface area contributed by atoms with Gasteiger partial charge in [-0.3, -0.25) is 0 Å². The minimum Gasteiger partial charge on any atom is -0.311 e. The molecule has 8 aromatic carbocycles. The van der Waals surface area contributed by atoms with Crippen LogP contribution in [0.25, 0.3) is 53.5 Å². The van der Waals surface area contributed by atoms with E-state index in [9.17, 15) is 0 Å². The minimum atomic E-state index is 0.171. The smallest absolute Gasteiger partial charge is 0.277 e. The van der Waals surface area contributed by atoms with Crippen molar-refractivity contribution in [1.82, 2.24) is 0 Å². The molecule has 258 valence electrons. The van der Waals surface area contributed by atoms with Gasteiger partial charge in [-0.2, -0.15) is 11.3 Å². The van der Waals surface area contributed by atoms with Gasteiger partial charge in [-0.25, -0.2) is 0 Å². The van der Waals surface area contributed by atoms with Crippen molar-refractivity contribution < 1.29 is 0 Å². The number of hydrogen-bond acceptors (Lipinski definition) is 4. The number of hydrogen-bond donors (Lipinski definition) is 0. The first-order valence-corrected chi connectivity index (χ1v) is 20.6. The summed E-state index contributed by atoms with van der Waals surface area (Å²) in [4.78, 5) is 5.05. The number of benzene rings is 8. The van der Waals surface area contributed by atoms with E-state index < -0.39 is 0 Å². The molecule has 4 heterocycles. The van der Waals surface area contributed by atoms with Gasteiger partial charge in [0, 0.05) is 42.4 Å². The first-order chi connectivity index (χ1) is 27.1. The van der Waals surface area contributed by atoms with E-state index in [-0.39, 0.29) is 6.71 Å². The molecule has 2 aliphatic heterocycles. The Bertz CT molecular complexity index is 3150. The predicted molar refractivity (Wildman–Crippen MR) is 241 cm³/mol. The van der Waals surface area contributed by atoms with Gasteiger partial charge in [0.05, 0.1) is 11.4 Å². The summed E-state index contributed by atoms with van der Waals surface area (Å²) < 4.78 is 4.17. The number of thiophene rings is 2. The summed E-state index contributed by atoms with van der Waals surface area (Å²) in [6, 6.07) is 59.1. The molecule has 0 bridgehead atoms. The zero-order chi connectivity index (χ0) is 36.4. The zero-order valence-electron chi connectivity index (χ0n) is 30.4. The van der Waals surface area contributed by atoms with Gasteiger partial charge in [0.1, 0.15) is 0 Å². The Morgan fingerprint density at radius 3 is 1.82 bits per heavy atom. The molecule has 10 aromatic rings. The molecule has 0 amide bonds. The number of rotatable bonds is 3. The molecule has 0 N–H and O–H groups in total. The SMILES string of the molecule is Cc1ccc(N2c3ccsc3B3c4sc5ccc(C)cc5c4N(c4ccc(-c5cccc6c7ccccc7c7ccccc7c56)cc4)c4cccc2c43)cc1. The molecule has 12 rings (SSSR count). The molecule has 0 fully saturated rings. The quantitative estimate of drug-likeness (QED) is 0.132. The maximum Gasteiger partial charge on any atom is 0.277 e. The normalized spacial score (nSPS) is 13.2. The number of anilines is 6. The first kappa shape index (κ1) is 31.2. The second-order valence-corrected chi connectivity index (χ2v) is 17.0. The van der Waals surface area contributed by atoms with E-state index in [2.05, 4.69) is 187 Å². The van der Waals surface area contributed by atoms with E-state index in [1.165, 1.54) is 114 Å². The van der Waals surface area contributed by atoms with E-state index in [0.29, 0.717) is 0 Å². The van der Waals surface area contributed by atoms with Crippen molar-refractivity contribution in [3.63, 3.8) is 0 Å². The van der Waals surface area contributed by atoms with Gasteiger partial charge in [0.2, 0.25) is 0 Å². The molecule has 2 nitrogen and oxygen atoms in total. The highest BCUT2D eigenvalue weighted by Crippen LogP contribution is 2.49. The van der Waals surface area contributed by atoms with Gasteiger partial charge in [-0.1, -0.05) is 114 Å². The van der Waals surface area contributed by atoms with Crippen LogP contribution in [0.5, 0.6) is 0 Å². The molecule has 2 aliphatic rings. The fourth-order valence-corrected chi connectivity index (χ4v) is 11.8. The fraction of sp³-hybridized carbons (Fsp3) is 0.0400. The Morgan fingerprint density at radius 1 is 0.473 bits per heavy atom. The Labute approximate surface area is 328 Å². The summed E-state index contributed by atoms with van der Waals surface area (Å²) in [6.07, 6.45) is 0. The molecule has 0 unspecified atom stereocenters. The Morgan fingerprint density at radius 2 is 1.07 bits per heavy atom. The van der Waals surface area contributed by atoms with Gasteiger partial charge in [0.15, 0.2) is 0 Å². The lowest BCUT2D eigenvalue weighted by atomic mass is 9.39. The maximum atomic E-state index is 2.56. The molecular formula is C50H33BN2S2. The monoisotopic (exact) mass is 736 g/mol. The van der Waals surface area contributed by atoms with Gasteiger partial charge in [0.25, 0.3) is 6.71 Å². The van der Waals surface area contributed by atoms with Crippen LogP contribution in [0.15, 0.2) is 163 Å². The minimum absolute atomic E-state index is 0.171. The first-order valence-electron chi connectivity index (χ1n) is 19.0. The molecule has 2 aromatic heterocycles. The second-order valence-electron chi connectivity index (χ2n) is 15.0. The molecule has 5 heteroatoms. The van der Waals surface area contributed by atoms with Crippen molar-refractivity contribution >= 4 is 121 Å². The lowest BCUT2D eigenvalue weighted by Crippen LogP contribution is -2.59. The molecule has 0 atom stereocenters. The standard InChI is InChI=1S/C50H33BN2S2/c1-30-17-22-33(23-18-30)52-42-15-8-16-43-47(42)51(49-44(52)27-28-54-49)50-48(41-29-31(2)19-26-45(41)55-50)53(43)34-24-20-32(21-25-34)35-13-7-14-40-38-10-4-3-9-36(38)37-11-5-6-12-39(37)46(35)40/h3-29H,1-2H3. The van der Waals surface area contributed by atoms with Gasteiger partial charge < -0.3 is 9.80 Å². The van der Waals surface area contributed by atoms with Crippen LogP contribution in [0.2, 0.25) is 0 Å². The van der Waals surface area contributed by atoms with E-state index >= 15 is 0 Å². The molecule has 0 aliphatic carbocycles. The maximum absolute atomic E-state index is 2.56. The van der Waals surface area contributed by atoms with Crippen LogP contribution in [0.3, 0.4) is 0 Å². The topological polar surface area (TPSA) is 6.48 Å². The van der Waals surface area contributed by atoms with E-state index in [1.54, 1.807) is 0 Å². The highest BCUT2D eigenvalue weighted by Gasteiger charge is 2.45. The number of fused-ring (bicyclic) bond motifs is 12. The van der Waals surface area contributed by atoms with Crippen LogP contribution >= 0.6 is 22.7 Å². The Balaban J connectivity index is 1.08. The Hall–Kier alpha value is -6.14. The average Bonchev–Trinajstić information content (AvgIpc) is 3.87.